The van der Waals surface area contributed by atoms with Crippen molar-refractivity contribution in [3.63, 3.8) is 0 Å². The lowest BCUT2D eigenvalue weighted by Gasteiger charge is -2.15. The van der Waals surface area contributed by atoms with Crippen molar-refractivity contribution in [2.75, 3.05) is 30.7 Å². The number of nitrogens with zero attached hydrogens (tertiary/aromatic N) is 3. The van der Waals surface area contributed by atoms with Gasteiger partial charge in [0, 0.05) is 18.5 Å². The highest BCUT2D eigenvalue weighted by atomic mass is 35.5. The average Bonchev–Trinajstić information content (AvgIpc) is 2.74. The standard InChI is InChI=1S/C21H22ClN5O2S/c22-19-12-17-18(13-25-19)26-20(16-6-8-23-9-7-16)27-21(17)24-10-11-30(28,29)14-15-4-2-1-3-5-15/h1-6,12-13,23H,7-11,14H2,(H,24,26,27). The van der Waals surface area contributed by atoms with Crippen LogP contribution in [0.1, 0.15) is 17.8 Å². The van der Waals surface area contributed by atoms with Crippen LogP contribution in [0.15, 0.2) is 48.7 Å². The molecule has 0 amide bonds. The highest BCUT2D eigenvalue weighted by molar-refractivity contribution is 7.90. The van der Waals surface area contributed by atoms with Crippen LogP contribution in [0.25, 0.3) is 16.5 Å². The van der Waals surface area contributed by atoms with Gasteiger partial charge < -0.3 is 10.6 Å². The molecule has 7 nitrogen and oxygen atoms in total. The van der Waals surface area contributed by atoms with E-state index in [0.717, 1.165) is 30.6 Å². The van der Waals surface area contributed by atoms with Gasteiger partial charge in [-0.1, -0.05) is 48.0 Å². The number of anilines is 1. The minimum absolute atomic E-state index is 0.00580. The predicted octanol–water partition coefficient (Wildman–Crippen LogP) is 3.08. The topological polar surface area (TPSA) is 96.9 Å². The summed E-state index contributed by atoms with van der Waals surface area (Å²) in [6, 6.07) is 10.9. The molecule has 30 heavy (non-hydrogen) atoms. The maximum absolute atomic E-state index is 12.5. The predicted molar refractivity (Wildman–Crippen MR) is 120 cm³/mol. The number of pyridine rings is 1. The van der Waals surface area contributed by atoms with Crippen molar-refractivity contribution in [3.05, 3.63) is 65.2 Å². The van der Waals surface area contributed by atoms with Crippen molar-refractivity contribution < 1.29 is 8.42 Å². The molecule has 0 aliphatic carbocycles. The average molecular weight is 444 g/mol. The van der Waals surface area contributed by atoms with E-state index in [1.165, 1.54) is 0 Å². The van der Waals surface area contributed by atoms with E-state index in [9.17, 15) is 8.42 Å². The van der Waals surface area contributed by atoms with Crippen LogP contribution in [0, 0.1) is 0 Å². The van der Waals surface area contributed by atoms with Crippen LogP contribution in [0.3, 0.4) is 0 Å². The summed E-state index contributed by atoms with van der Waals surface area (Å²) in [5.74, 6) is 1.20. The fraction of sp³-hybridized carbons (Fsp3) is 0.286. The summed E-state index contributed by atoms with van der Waals surface area (Å²) >= 11 is 6.07. The van der Waals surface area contributed by atoms with E-state index >= 15 is 0 Å². The van der Waals surface area contributed by atoms with Crippen LogP contribution in [-0.2, 0) is 15.6 Å². The van der Waals surface area contributed by atoms with Gasteiger partial charge in [0.05, 0.1) is 23.2 Å². The fourth-order valence-corrected chi connectivity index (χ4v) is 4.75. The number of benzene rings is 1. The summed E-state index contributed by atoms with van der Waals surface area (Å²) in [6.07, 6.45) is 4.52. The quantitative estimate of drug-likeness (QED) is 0.541. The third-order valence-electron chi connectivity index (χ3n) is 4.83. The molecule has 0 spiro atoms. The summed E-state index contributed by atoms with van der Waals surface area (Å²) in [7, 11) is -3.26. The zero-order valence-electron chi connectivity index (χ0n) is 16.3. The smallest absolute Gasteiger partial charge is 0.157 e. The SMILES string of the molecule is O=S(=O)(CCNc1nc(C2=CCNCC2)nc2cnc(Cl)cc12)Cc1ccccc1. The number of hydrogen-bond donors (Lipinski definition) is 2. The third-order valence-corrected chi connectivity index (χ3v) is 6.64. The molecule has 0 unspecified atom stereocenters. The largest absolute Gasteiger partial charge is 0.368 e. The van der Waals surface area contributed by atoms with Crippen LogP contribution in [0.5, 0.6) is 0 Å². The number of nitrogens with one attached hydrogen (secondary N) is 2. The summed E-state index contributed by atoms with van der Waals surface area (Å²) in [5.41, 5.74) is 2.51. The number of rotatable bonds is 7. The zero-order valence-corrected chi connectivity index (χ0v) is 17.9. The van der Waals surface area contributed by atoms with Crippen LogP contribution in [0.4, 0.5) is 5.82 Å². The van der Waals surface area contributed by atoms with Crippen LogP contribution < -0.4 is 10.6 Å². The lowest BCUT2D eigenvalue weighted by Crippen LogP contribution is -2.21. The molecule has 3 aromatic rings. The van der Waals surface area contributed by atoms with Crippen molar-refractivity contribution in [2.45, 2.75) is 12.2 Å². The molecule has 2 N–H and O–H groups in total. The molecule has 4 rings (SSSR count). The van der Waals surface area contributed by atoms with Gasteiger partial charge in [-0.25, -0.2) is 23.4 Å². The van der Waals surface area contributed by atoms with Gasteiger partial charge in [-0.05, 0) is 30.2 Å². The number of fused-ring (bicyclic) bond motifs is 1. The Labute approximate surface area is 180 Å². The normalized spacial score (nSPS) is 14.5. The van der Waals surface area contributed by atoms with E-state index in [1.54, 1.807) is 12.3 Å². The Kier molecular flexibility index (Phi) is 6.26. The molecular weight excluding hydrogens is 422 g/mol. The van der Waals surface area contributed by atoms with Crippen molar-refractivity contribution in [1.29, 1.82) is 0 Å². The molecule has 3 heterocycles. The van der Waals surface area contributed by atoms with Gasteiger partial charge in [0.15, 0.2) is 15.7 Å². The van der Waals surface area contributed by atoms with Gasteiger partial charge in [-0.15, -0.1) is 0 Å². The van der Waals surface area contributed by atoms with Crippen molar-refractivity contribution in [3.8, 4) is 0 Å². The Hall–Kier alpha value is -2.55. The molecule has 0 saturated heterocycles. The molecule has 1 aliphatic heterocycles. The minimum atomic E-state index is -3.26. The second-order valence-corrected chi connectivity index (χ2v) is 9.68. The van der Waals surface area contributed by atoms with Crippen molar-refractivity contribution in [2.24, 2.45) is 0 Å². The van der Waals surface area contributed by atoms with E-state index in [0.29, 0.717) is 27.7 Å². The van der Waals surface area contributed by atoms with Gasteiger partial charge >= 0.3 is 0 Å². The Morgan fingerprint density at radius 3 is 2.77 bits per heavy atom. The second kappa shape index (κ2) is 9.07. The molecule has 2 aromatic heterocycles. The summed E-state index contributed by atoms with van der Waals surface area (Å²) in [5, 5.41) is 7.50. The van der Waals surface area contributed by atoms with E-state index < -0.39 is 9.84 Å². The lowest BCUT2D eigenvalue weighted by molar-refractivity contribution is 0.595. The Morgan fingerprint density at radius 1 is 1.17 bits per heavy atom. The maximum Gasteiger partial charge on any atom is 0.157 e. The molecule has 1 aromatic carbocycles. The Morgan fingerprint density at radius 2 is 2.00 bits per heavy atom. The second-order valence-electron chi connectivity index (χ2n) is 7.11. The number of halogens is 1. The van der Waals surface area contributed by atoms with Gasteiger partial charge in [-0.2, -0.15) is 0 Å². The Balaban J connectivity index is 1.55. The first-order valence-corrected chi connectivity index (χ1v) is 11.9. The highest BCUT2D eigenvalue weighted by Crippen LogP contribution is 2.26. The number of sulfone groups is 1. The molecule has 9 heteroatoms. The Bertz CT molecular complexity index is 1180. The molecule has 0 radical (unpaired) electrons. The molecule has 0 atom stereocenters. The molecule has 1 aliphatic rings. The van der Waals surface area contributed by atoms with Gasteiger partial charge in [0.2, 0.25) is 0 Å². The third kappa shape index (κ3) is 5.13. The van der Waals surface area contributed by atoms with Crippen LogP contribution in [-0.4, -0.2) is 48.8 Å². The first-order chi connectivity index (χ1) is 14.5. The van der Waals surface area contributed by atoms with Crippen molar-refractivity contribution in [1.82, 2.24) is 20.3 Å². The number of hydrogen-bond acceptors (Lipinski definition) is 7. The minimum Gasteiger partial charge on any atom is -0.368 e. The van der Waals surface area contributed by atoms with E-state index in [-0.39, 0.29) is 18.1 Å². The number of aromatic nitrogens is 3. The molecule has 156 valence electrons. The van der Waals surface area contributed by atoms with Crippen LogP contribution in [0.2, 0.25) is 5.15 Å². The van der Waals surface area contributed by atoms with E-state index in [4.69, 9.17) is 11.6 Å². The molecule has 0 saturated carbocycles. The highest BCUT2D eigenvalue weighted by Gasteiger charge is 2.16. The first-order valence-electron chi connectivity index (χ1n) is 9.72. The monoisotopic (exact) mass is 443 g/mol. The first kappa shape index (κ1) is 20.7. The van der Waals surface area contributed by atoms with Gasteiger partial charge in [0.25, 0.3) is 0 Å². The summed E-state index contributed by atoms with van der Waals surface area (Å²) < 4.78 is 25.0. The summed E-state index contributed by atoms with van der Waals surface area (Å²) in [4.78, 5) is 13.4. The van der Waals surface area contributed by atoms with E-state index in [1.807, 2.05) is 30.3 Å². The maximum atomic E-state index is 12.5. The van der Waals surface area contributed by atoms with Crippen LogP contribution >= 0.6 is 11.6 Å². The van der Waals surface area contributed by atoms with Gasteiger partial charge in [-0.3, -0.25) is 0 Å². The fourth-order valence-electron chi connectivity index (χ4n) is 3.34. The van der Waals surface area contributed by atoms with Crippen molar-refractivity contribution >= 4 is 43.7 Å². The summed E-state index contributed by atoms with van der Waals surface area (Å²) in [6.45, 7) is 1.88. The molecular formula is C21H22ClN5O2S. The molecule has 0 fully saturated rings. The van der Waals surface area contributed by atoms with E-state index in [2.05, 4.69) is 31.7 Å². The molecule has 0 bridgehead atoms. The zero-order chi connectivity index (χ0) is 21.0. The lowest BCUT2D eigenvalue weighted by atomic mass is 10.1. The van der Waals surface area contributed by atoms with Gasteiger partial charge in [0.1, 0.15) is 11.0 Å².